The number of nitrogens with one attached hydrogen (secondary N) is 3. The van der Waals surface area contributed by atoms with Gasteiger partial charge in [-0.15, -0.1) is 0 Å². The lowest BCUT2D eigenvalue weighted by atomic mass is 10.1. The van der Waals surface area contributed by atoms with Gasteiger partial charge in [-0.05, 0) is 36.2 Å². The highest BCUT2D eigenvalue weighted by Gasteiger charge is 2.12. The van der Waals surface area contributed by atoms with Crippen molar-refractivity contribution >= 4 is 29.2 Å². The highest BCUT2D eigenvalue weighted by molar-refractivity contribution is 6.34. The average molecular weight is 350 g/mol. The maximum atomic E-state index is 12.0. The van der Waals surface area contributed by atoms with Gasteiger partial charge < -0.3 is 20.4 Å². The minimum absolute atomic E-state index is 0.234. The standard InChI is InChI=1S/C17H20ClN3O3/c1-11(2)9-19-16(22)14-6-5-12(8-15(14)18)21-17(23)20-10-13-4-3-7-24-13/h3-8,11H,9-10H2,1-2H3,(H,19,22)(H2,20,21,23). The second-order valence-corrected chi connectivity index (χ2v) is 6.09. The Bertz CT molecular complexity index is 699. The van der Waals surface area contributed by atoms with Gasteiger partial charge >= 0.3 is 6.03 Å². The maximum Gasteiger partial charge on any atom is 0.319 e. The van der Waals surface area contributed by atoms with Gasteiger partial charge in [0, 0.05) is 12.2 Å². The van der Waals surface area contributed by atoms with Crippen molar-refractivity contribution < 1.29 is 14.0 Å². The van der Waals surface area contributed by atoms with Crippen molar-refractivity contribution in [2.45, 2.75) is 20.4 Å². The van der Waals surface area contributed by atoms with E-state index in [0.717, 1.165) is 0 Å². The molecule has 2 rings (SSSR count). The maximum absolute atomic E-state index is 12.0. The van der Waals surface area contributed by atoms with Gasteiger partial charge in [0.2, 0.25) is 0 Å². The molecule has 0 fully saturated rings. The van der Waals surface area contributed by atoms with Crippen LogP contribution >= 0.6 is 11.6 Å². The minimum Gasteiger partial charge on any atom is -0.467 e. The number of carbonyl (C=O) groups is 2. The third kappa shape index (κ3) is 5.31. The van der Waals surface area contributed by atoms with Crippen LogP contribution in [0.15, 0.2) is 41.0 Å². The fourth-order valence-electron chi connectivity index (χ4n) is 1.92. The Morgan fingerprint density at radius 3 is 2.62 bits per heavy atom. The number of benzene rings is 1. The Labute approximate surface area is 145 Å². The van der Waals surface area contributed by atoms with Crippen LogP contribution in [0.4, 0.5) is 10.5 Å². The SMILES string of the molecule is CC(C)CNC(=O)c1ccc(NC(=O)NCc2ccco2)cc1Cl. The predicted octanol–water partition coefficient (Wildman–Crippen LogP) is 3.64. The molecule has 0 saturated heterocycles. The molecule has 1 heterocycles. The number of carbonyl (C=O) groups excluding carboxylic acids is 2. The number of anilines is 1. The highest BCUT2D eigenvalue weighted by atomic mass is 35.5. The topological polar surface area (TPSA) is 83.4 Å². The molecule has 0 bridgehead atoms. The van der Waals surface area contributed by atoms with E-state index >= 15 is 0 Å². The molecule has 6 nitrogen and oxygen atoms in total. The van der Waals surface area contributed by atoms with Gasteiger partial charge in [-0.2, -0.15) is 0 Å². The summed E-state index contributed by atoms with van der Waals surface area (Å²) in [6.07, 6.45) is 1.54. The lowest BCUT2D eigenvalue weighted by Gasteiger charge is -2.11. The fourth-order valence-corrected chi connectivity index (χ4v) is 2.19. The van der Waals surface area contributed by atoms with E-state index in [1.807, 2.05) is 13.8 Å². The molecule has 7 heteroatoms. The van der Waals surface area contributed by atoms with E-state index in [2.05, 4.69) is 16.0 Å². The van der Waals surface area contributed by atoms with Crippen LogP contribution in [0.2, 0.25) is 5.02 Å². The molecule has 1 aromatic carbocycles. The summed E-state index contributed by atoms with van der Waals surface area (Å²) in [5, 5.41) is 8.39. The van der Waals surface area contributed by atoms with Crippen molar-refractivity contribution in [3.63, 3.8) is 0 Å². The predicted molar refractivity (Wildman–Crippen MR) is 93.2 cm³/mol. The van der Waals surface area contributed by atoms with Gasteiger partial charge in [0.05, 0.1) is 23.4 Å². The van der Waals surface area contributed by atoms with Gasteiger partial charge in [0.25, 0.3) is 5.91 Å². The Hall–Kier alpha value is -2.47. The largest absolute Gasteiger partial charge is 0.467 e. The quantitative estimate of drug-likeness (QED) is 0.744. The normalized spacial score (nSPS) is 10.5. The van der Waals surface area contributed by atoms with Gasteiger partial charge in [0.15, 0.2) is 0 Å². The van der Waals surface area contributed by atoms with Crippen molar-refractivity contribution in [1.29, 1.82) is 0 Å². The molecule has 3 N–H and O–H groups in total. The van der Waals surface area contributed by atoms with E-state index in [9.17, 15) is 9.59 Å². The third-order valence-corrected chi connectivity index (χ3v) is 3.46. The summed E-state index contributed by atoms with van der Waals surface area (Å²) < 4.78 is 5.13. The van der Waals surface area contributed by atoms with Crippen LogP contribution in [0, 0.1) is 5.92 Å². The minimum atomic E-state index is -0.389. The number of rotatable bonds is 6. The van der Waals surface area contributed by atoms with E-state index in [-0.39, 0.29) is 23.5 Å². The lowest BCUT2D eigenvalue weighted by molar-refractivity contribution is 0.0949. The molecule has 24 heavy (non-hydrogen) atoms. The monoisotopic (exact) mass is 349 g/mol. The molecule has 0 aliphatic heterocycles. The summed E-state index contributed by atoms with van der Waals surface area (Å²) in [5.41, 5.74) is 0.871. The molecule has 128 valence electrons. The van der Waals surface area contributed by atoms with E-state index in [1.165, 1.54) is 12.3 Å². The number of urea groups is 1. The van der Waals surface area contributed by atoms with Crippen molar-refractivity contribution in [3.05, 3.63) is 52.9 Å². The van der Waals surface area contributed by atoms with Crippen LogP contribution in [0.5, 0.6) is 0 Å². The van der Waals surface area contributed by atoms with Gasteiger partial charge in [-0.3, -0.25) is 4.79 Å². The second-order valence-electron chi connectivity index (χ2n) is 5.69. The molecule has 0 atom stereocenters. The zero-order chi connectivity index (χ0) is 17.5. The molecular formula is C17H20ClN3O3. The van der Waals surface area contributed by atoms with Crippen LogP contribution in [0.3, 0.4) is 0 Å². The van der Waals surface area contributed by atoms with Gasteiger partial charge in [-0.1, -0.05) is 25.4 Å². The van der Waals surface area contributed by atoms with Crippen LogP contribution in [-0.2, 0) is 6.54 Å². The van der Waals surface area contributed by atoms with E-state index in [4.69, 9.17) is 16.0 Å². The second kappa shape index (κ2) is 8.40. The van der Waals surface area contributed by atoms with Crippen molar-refractivity contribution in [2.24, 2.45) is 5.92 Å². The van der Waals surface area contributed by atoms with Gasteiger partial charge in [-0.25, -0.2) is 4.79 Å². The molecule has 0 saturated carbocycles. The van der Waals surface area contributed by atoms with Crippen LogP contribution in [-0.4, -0.2) is 18.5 Å². The Morgan fingerprint density at radius 1 is 1.21 bits per heavy atom. The van der Waals surface area contributed by atoms with Crippen molar-refractivity contribution in [2.75, 3.05) is 11.9 Å². The summed E-state index contributed by atoms with van der Waals surface area (Å²) in [6, 6.07) is 7.88. The number of amides is 3. The van der Waals surface area contributed by atoms with E-state index in [0.29, 0.717) is 29.5 Å². The molecular weight excluding hydrogens is 330 g/mol. The first-order valence-corrected chi connectivity index (χ1v) is 7.98. The van der Waals surface area contributed by atoms with Crippen LogP contribution < -0.4 is 16.0 Å². The molecule has 0 aliphatic rings. The van der Waals surface area contributed by atoms with E-state index < -0.39 is 0 Å². The first-order chi connectivity index (χ1) is 11.5. The lowest BCUT2D eigenvalue weighted by Crippen LogP contribution is -2.28. The molecule has 0 aliphatic carbocycles. The zero-order valence-electron chi connectivity index (χ0n) is 13.6. The van der Waals surface area contributed by atoms with Gasteiger partial charge in [0.1, 0.15) is 5.76 Å². The molecule has 0 radical (unpaired) electrons. The summed E-state index contributed by atoms with van der Waals surface area (Å²) >= 11 is 6.13. The summed E-state index contributed by atoms with van der Waals surface area (Å²) in [6.45, 7) is 4.87. The molecule has 2 aromatic rings. The highest BCUT2D eigenvalue weighted by Crippen LogP contribution is 2.21. The van der Waals surface area contributed by atoms with Crippen LogP contribution in [0.1, 0.15) is 30.0 Å². The number of furan rings is 1. The molecule has 0 spiro atoms. The Kier molecular flexibility index (Phi) is 6.26. The average Bonchev–Trinajstić information content (AvgIpc) is 3.04. The van der Waals surface area contributed by atoms with Crippen molar-refractivity contribution in [1.82, 2.24) is 10.6 Å². The number of halogens is 1. The summed E-state index contributed by atoms with van der Waals surface area (Å²) in [7, 11) is 0. The Morgan fingerprint density at radius 2 is 2.00 bits per heavy atom. The molecule has 1 aromatic heterocycles. The van der Waals surface area contributed by atoms with Crippen LogP contribution in [0.25, 0.3) is 0 Å². The first kappa shape index (κ1) is 17.9. The summed E-state index contributed by atoms with van der Waals surface area (Å²) in [4.78, 5) is 23.9. The van der Waals surface area contributed by atoms with Crippen molar-refractivity contribution in [3.8, 4) is 0 Å². The molecule has 3 amide bonds. The smallest absolute Gasteiger partial charge is 0.319 e. The number of hydrogen-bond donors (Lipinski definition) is 3. The zero-order valence-corrected chi connectivity index (χ0v) is 14.3. The Balaban J connectivity index is 1.91. The number of hydrogen-bond acceptors (Lipinski definition) is 3. The third-order valence-electron chi connectivity index (χ3n) is 3.15. The van der Waals surface area contributed by atoms with E-state index in [1.54, 1.807) is 24.3 Å². The fraction of sp³-hybridized carbons (Fsp3) is 0.294. The molecule has 0 unspecified atom stereocenters. The summed E-state index contributed by atoms with van der Waals surface area (Å²) in [5.74, 6) is 0.773. The first-order valence-electron chi connectivity index (χ1n) is 7.60.